The van der Waals surface area contributed by atoms with E-state index < -0.39 is 0 Å². The molecule has 0 spiro atoms. The Bertz CT molecular complexity index is 898. The lowest BCUT2D eigenvalue weighted by atomic mass is 10.2. The molecule has 0 amide bonds. The predicted molar refractivity (Wildman–Crippen MR) is 79.0 cm³/mol. The Morgan fingerprint density at radius 3 is 3.30 bits per heavy atom. The van der Waals surface area contributed by atoms with Crippen molar-refractivity contribution in [1.29, 1.82) is 0 Å². The first-order chi connectivity index (χ1) is 9.75. The summed E-state index contributed by atoms with van der Waals surface area (Å²) in [7, 11) is 0. The van der Waals surface area contributed by atoms with Crippen molar-refractivity contribution in [2.75, 3.05) is 6.61 Å². The largest absolute Gasteiger partial charge is 0.376 e. The highest BCUT2D eigenvalue weighted by Crippen LogP contribution is 2.20. The molecule has 20 heavy (non-hydrogen) atoms. The van der Waals surface area contributed by atoms with Gasteiger partial charge < -0.3 is 4.74 Å². The Morgan fingerprint density at radius 1 is 1.60 bits per heavy atom. The van der Waals surface area contributed by atoms with Gasteiger partial charge in [0.15, 0.2) is 0 Å². The molecule has 4 heterocycles. The number of aromatic amines is 1. The molecular formula is C12H12N4O2S2. The summed E-state index contributed by atoms with van der Waals surface area (Å²) in [5.74, 6) is 0.557. The highest BCUT2D eigenvalue weighted by Gasteiger charge is 2.20. The van der Waals surface area contributed by atoms with E-state index in [1.54, 1.807) is 4.57 Å². The minimum absolute atomic E-state index is 0.0213. The molecule has 1 atom stereocenters. The number of thiophene rings is 1. The van der Waals surface area contributed by atoms with Gasteiger partial charge in [-0.1, -0.05) is 0 Å². The molecule has 3 aromatic rings. The molecule has 0 unspecified atom stereocenters. The second-order valence-corrected chi connectivity index (χ2v) is 6.15. The number of nitrogens with zero attached hydrogens (tertiary/aromatic N) is 3. The van der Waals surface area contributed by atoms with Crippen LogP contribution in [-0.2, 0) is 11.3 Å². The molecule has 0 aromatic carbocycles. The van der Waals surface area contributed by atoms with E-state index in [-0.39, 0.29) is 11.7 Å². The smallest absolute Gasteiger partial charge is 0.272 e. The zero-order chi connectivity index (χ0) is 13.7. The van der Waals surface area contributed by atoms with Gasteiger partial charge in [-0.3, -0.25) is 13.8 Å². The Kier molecular flexibility index (Phi) is 2.76. The molecule has 0 aliphatic carbocycles. The van der Waals surface area contributed by atoms with Gasteiger partial charge in [-0.2, -0.15) is 0 Å². The molecule has 4 rings (SSSR count). The van der Waals surface area contributed by atoms with Crippen molar-refractivity contribution in [3.63, 3.8) is 0 Å². The maximum atomic E-state index is 12.6. The SMILES string of the molecule is O=c1c2sccc2n2c(=S)[nH]nc2n1C[C@H]1CCCO1. The number of nitrogens with one attached hydrogen (secondary N) is 1. The average molecular weight is 308 g/mol. The van der Waals surface area contributed by atoms with Gasteiger partial charge >= 0.3 is 0 Å². The van der Waals surface area contributed by atoms with Gasteiger partial charge in [0.1, 0.15) is 4.70 Å². The zero-order valence-electron chi connectivity index (χ0n) is 10.5. The lowest BCUT2D eigenvalue weighted by Crippen LogP contribution is -2.28. The van der Waals surface area contributed by atoms with Gasteiger partial charge in [-0.15, -0.1) is 16.4 Å². The highest BCUT2D eigenvalue weighted by molar-refractivity contribution is 7.71. The van der Waals surface area contributed by atoms with E-state index in [1.165, 1.54) is 11.3 Å². The molecule has 1 aliphatic heterocycles. The molecule has 1 saturated heterocycles. The van der Waals surface area contributed by atoms with Crippen molar-refractivity contribution in [2.24, 2.45) is 0 Å². The van der Waals surface area contributed by atoms with Crippen molar-refractivity contribution in [1.82, 2.24) is 19.2 Å². The first-order valence-corrected chi connectivity index (χ1v) is 7.73. The van der Waals surface area contributed by atoms with E-state index in [0.29, 0.717) is 21.8 Å². The fraction of sp³-hybridized carbons (Fsp3) is 0.417. The van der Waals surface area contributed by atoms with Crippen LogP contribution in [0.5, 0.6) is 0 Å². The van der Waals surface area contributed by atoms with E-state index in [1.807, 2.05) is 15.8 Å². The molecule has 1 fully saturated rings. The summed E-state index contributed by atoms with van der Waals surface area (Å²) in [4.78, 5) is 12.6. The number of ether oxygens (including phenoxy) is 1. The molecule has 1 aliphatic rings. The normalized spacial score (nSPS) is 19.3. The van der Waals surface area contributed by atoms with Crippen LogP contribution in [0.25, 0.3) is 16.0 Å². The molecule has 104 valence electrons. The van der Waals surface area contributed by atoms with Crippen LogP contribution in [0.1, 0.15) is 12.8 Å². The monoisotopic (exact) mass is 308 g/mol. The van der Waals surface area contributed by atoms with Crippen LogP contribution in [0, 0.1) is 4.77 Å². The summed E-state index contributed by atoms with van der Waals surface area (Å²) in [6.45, 7) is 1.29. The Hall–Kier alpha value is -1.51. The molecular weight excluding hydrogens is 296 g/mol. The van der Waals surface area contributed by atoms with Gasteiger partial charge in [0.2, 0.25) is 10.5 Å². The first kappa shape index (κ1) is 12.2. The van der Waals surface area contributed by atoms with Gasteiger partial charge in [-0.05, 0) is 36.5 Å². The summed E-state index contributed by atoms with van der Waals surface area (Å²) in [6, 6.07) is 1.90. The molecule has 1 N–H and O–H groups in total. The number of rotatable bonds is 2. The van der Waals surface area contributed by atoms with Gasteiger partial charge in [0, 0.05) is 6.61 Å². The molecule has 0 saturated carbocycles. The van der Waals surface area contributed by atoms with Crippen LogP contribution in [0.2, 0.25) is 0 Å². The minimum atomic E-state index is -0.0213. The van der Waals surface area contributed by atoms with Crippen LogP contribution in [-0.4, -0.2) is 31.9 Å². The summed E-state index contributed by atoms with van der Waals surface area (Å²) in [6.07, 6.45) is 2.11. The van der Waals surface area contributed by atoms with E-state index in [0.717, 1.165) is 25.0 Å². The minimum Gasteiger partial charge on any atom is -0.376 e. The number of H-pyrrole nitrogens is 1. The Balaban J connectivity index is 2.03. The summed E-state index contributed by atoms with van der Waals surface area (Å²) in [5.41, 5.74) is 0.796. The van der Waals surface area contributed by atoms with E-state index >= 15 is 0 Å². The molecule has 6 nitrogen and oxygen atoms in total. The van der Waals surface area contributed by atoms with Crippen LogP contribution in [0.15, 0.2) is 16.2 Å². The van der Waals surface area contributed by atoms with Crippen molar-refractivity contribution in [3.05, 3.63) is 26.6 Å². The second kappa shape index (κ2) is 4.51. The van der Waals surface area contributed by atoms with Crippen LogP contribution in [0.3, 0.4) is 0 Å². The lowest BCUT2D eigenvalue weighted by Gasteiger charge is -2.12. The van der Waals surface area contributed by atoms with Crippen LogP contribution in [0.4, 0.5) is 0 Å². The Labute approximate surface area is 122 Å². The Morgan fingerprint density at radius 2 is 2.50 bits per heavy atom. The molecule has 3 aromatic heterocycles. The maximum absolute atomic E-state index is 12.6. The zero-order valence-corrected chi connectivity index (χ0v) is 12.2. The molecule has 8 heteroatoms. The summed E-state index contributed by atoms with van der Waals surface area (Å²) in [5, 5.41) is 8.88. The quantitative estimate of drug-likeness (QED) is 0.735. The van der Waals surface area contributed by atoms with E-state index in [2.05, 4.69) is 10.2 Å². The van der Waals surface area contributed by atoms with E-state index in [4.69, 9.17) is 17.0 Å². The van der Waals surface area contributed by atoms with Gasteiger partial charge in [0.25, 0.3) is 5.56 Å². The van der Waals surface area contributed by atoms with Crippen molar-refractivity contribution in [3.8, 4) is 0 Å². The number of hydrogen-bond donors (Lipinski definition) is 1. The van der Waals surface area contributed by atoms with Gasteiger partial charge in [0.05, 0.1) is 18.2 Å². The van der Waals surface area contributed by atoms with Crippen molar-refractivity contribution < 1.29 is 4.74 Å². The molecule has 0 bridgehead atoms. The predicted octanol–water partition coefficient (Wildman–Crippen LogP) is 1.95. The summed E-state index contributed by atoms with van der Waals surface area (Å²) < 4.78 is 10.3. The number of aromatic nitrogens is 4. The lowest BCUT2D eigenvalue weighted by molar-refractivity contribution is 0.0969. The number of fused-ring (bicyclic) bond motifs is 3. The fourth-order valence-corrected chi connectivity index (χ4v) is 3.75. The number of hydrogen-bond acceptors (Lipinski definition) is 5. The van der Waals surface area contributed by atoms with Crippen molar-refractivity contribution in [2.45, 2.75) is 25.5 Å². The highest BCUT2D eigenvalue weighted by atomic mass is 32.1. The first-order valence-electron chi connectivity index (χ1n) is 6.44. The van der Waals surface area contributed by atoms with E-state index in [9.17, 15) is 4.79 Å². The third kappa shape index (κ3) is 1.68. The topological polar surface area (TPSA) is 64.3 Å². The maximum Gasteiger partial charge on any atom is 0.272 e. The van der Waals surface area contributed by atoms with Gasteiger partial charge in [-0.25, -0.2) is 5.10 Å². The van der Waals surface area contributed by atoms with Crippen LogP contribution < -0.4 is 5.56 Å². The second-order valence-electron chi connectivity index (χ2n) is 4.85. The fourth-order valence-electron chi connectivity index (χ4n) is 2.70. The average Bonchev–Trinajstić information content (AvgIpc) is 3.14. The standard InChI is InChI=1S/C12H12N4O2S2/c17-10-9-8(3-5-20-9)16-11(13-14-12(16)19)15(10)6-7-2-1-4-18-7/h3,5,7H,1-2,4,6H2,(H,14,19)/t7-/m1/s1. The third-order valence-electron chi connectivity index (χ3n) is 3.63. The van der Waals surface area contributed by atoms with Crippen LogP contribution >= 0.6 is 23.6 Å². The van der Waals surface area contributed by atoms with Crippen molar-refractivity contribution >= 4 is 39.5 Å². The third-order valence-corrected chi connectivity index (χ3v) is 4.80. The molecule has 0 radical (unpaired) electrons. The summed E-state index contributed by atoms with van der Waals surface area (Å²) >= 11 is 6.70.